The van der Waals surface area contributed by atoms with E-state index in [0.29, 0.717) is 0 Å². The van der Waals surface area contributed by atoms with E-state index in [4.69, 9.17) is 0 Å². The van der Waals surface area contributed by atoms with Gasteiger partial charge in [0.2, 0.25) is 0 Å². The Balaban J connectivity index is 2.42. The zero-order valence-corrected chi connectivity index (χ0v) is 6.55. The van der Waals surface area contributed by atoms with Crippen molar-refractivity contribution in [3.8, 4) is 0 Å². The van der Waals surface area contributed by atoms with E-state index >= 15 is 0 Å². The van der Waals surface area contributed by atoms with Crippen LogP contribution < -0.4 is 10.6 Å². The van der Waals surface area contributed by atoms with Crippen LogP contribution in [0.3, 0.4) is 0 Å². The van der Waals surface area contributed by atoms with Gasteiger partial charge in [-0.2, -0.15) is 0 Å². The van der Waals surface area contributed by atoms with Gasteiger partial charge in [-0.05, 0) is 18.9 Å². The van der Waals surface area contributed by atoms with Gasteiger partial charge in [-0.15, -0.1) is 0 Å². The van der Waals surface area contributed by atoms with Gasteiger partial charge in [0.1, 0.15) is 0 Å². The number of hydrogen-bond acceptors (Lipinski definition) is 1. The molecule has 2 N–H and O–H groups in total. The Bertz CT molecular complexity index is 206. The first-order valence-corrected chi connectivity index (χ1v) is 3.67. The smallest absolute Gasteiger partial charge is 0.318 e. The molecule has 60 valence electrons. The highest BCUT2D eigenvalue weighted by atomic mass is 16.2. The van der Waals surface area contributed by atoms with Crippen LogP contribution in [0.4, 0.5) is 4.79 Å². The Morgan fingerprint density at radius 1 is 1.64 bits per heavy atom. The molecule has 0 aromatic rings. The van der Waals surface area contributed by atoms with Crippen LogP contribution in [0.2, 0.25) is 0 Å². The zero-order valence-electron chi connectivity index (χ0n) is 6.55. The van der Waals surface area contributed by atoms with Crippen LogP contribution in [-0.2, 0) is 0 Å². The second-order valence-corrected chi connectivity index (χ2v) is 2.36. The fourth-order valence-corrected chi connectivity index (χ4v) is 0.915. The number of hydrogen-bond donors (Lipinski definition) is 2. The third-order valence-electron chi connectivity index (χ3n) is 1.51. The highest BCUT2D eigenvalue weighted by Gasteiger charge is 2.01. The van der Waals surface area contributed by atoms with Gasteiger partial charge in [-0.25, -0.2) is 4.79 Å². The van der Waals surface area contributed by atoms with Crippen molar-refractivity contribution in [1.29, 1.82) is 0 Å². The first-order valence-electron chi connectivity index (χ1n) is 3.67. The molecular formula is C8H12N2O. The summed E-state index contributed by atoms with van der Waals surface area (Å²) in [4.78, 5) is 10.8. The van der Waals surface area contributed by atoms with Crippen molar-refractivity contribution in [3.63, 3.8) is 0 Å². The Labute approximate surface area is 66.2 Å². The second-order valence-electron chi connectivity index (χ2n) is 2.36. The van der Waals surface area contributed by atoms with Crippen LogP contribution in [0.5, 0.6) is 0 Å². The van der Waals surface area contributed by atoms with Crippen LogP contribution in [0, 0.1) is 0 Å². The van der Waals surface area contributed by atoms with E-state index in [2.05, 4.69) is 16.7 Å². The van der Waals surface area contributed by atoms with Gasteiger partial charge in [-0.3, -0.25) is 0 Å². The maximum Gasteiger partial charge on any atom is 0.318 e. The molecule has 11 heavy (non-hydrogen) atoms. The van der Waals surface area contributed by atoms with E-state index in [9.17, 15) is 4.79 Å². The molecule has 0 radical (unpaired) electrons. The molecule has 0 spiro atoms. The quantitative estimate of drug-likeness (QED) is 0.581. The minimum absolute atomic E-state index is 0.147. The van der Waals surface area contributed by atoms with Gasteiger partial charge >= 0.3 is 6.03 Å². The number of carbonyl (C=O) groups excluding carboxylic acids is 1. The zero-order chi connectivity index (χ0) is 8.10. The maximum atomic E-state index is 10.8. The summed E-state index contributed by atoms with van der Waals surface area (Å²) >= 11 is 0. The predicted molar refractivity (Wildman–Crippen MR) is 44.0 cm³/mol. The fraction of sp³-hybridized carbons (Fsp3) is 0.375. The third-order valence-corrected chi connectivity index (χ3v) is 1.51. The van der Waals surface area contributed by atoms with E-state index in [0.717, 1.165) is 18.5 Å². The molecule has 0 unspecified atom stereocenters. The van der Waals surface area contributed by atoms with Crippen LogP contribution in [0.25, 0.3) is 0 Å². The number of rotatable bonds is 1. The molecule has 3 heteroatoms. The molecule has 0 aromatic heterocycles. The molecule has 0 saturated carbocycles. The average molecular weight is 152 g/mol. The van der Waals surface area contributed by atoms with E-state index in [1.807, 2.05) is 12.2 Å². The summed E-state index contributed by atoms with van der Waals surface area (Å²) in [7, 11) is 1.61. The maximum absolute atomic E-state index is 10.8. The number of carbonyl (C=O) groups is 1. The molecule has 1 rings (SSSR count). The van der Waals surface area contributed by atoms with Crippen LogP contribution >= 0.6 is 0 Å². The Morgan fingerprint density at radius 3 is 3.00 bits per heavy atom. The van der Waals surface area contributed by atoms with E-state index in [1.165, 1.54) is 0 Å². The van der Waals surface area contributed by atoms with Gasteiger partial charge in [0.15, 0.2) is 0 Å². The van der Waals surface area contributed by atoms with Crippen molar-refractivity contribution in [3.05, 3.63) is 23.9 Å². The Kier molecular flexibility index (Phi) is 2.72. The minimum atomic E-state index is -0.147. The van der Waals surface area contributed by atoms with E-state index in [1.54, 1.807) is 7.05 Å². The number of allylic oxidation sites excluding steroid dienone is 4. The van der Waals surface area contributed by atoms with Crippen LogP contribution in [0.15, 0.2) is 23.9 Å². The number of amides is 2. The molecule has 0 bridgehead atoms. The highest BCUT2D eigenvalue weighted by molar-refractivity contribution is 5.75. The Morgan fingerprint density at radius 2 is 2.45 bits per heavy atom. The molecule has 1 aliphatic rings. The molecular weight excluding hydrogens is 140 g/mol. The Hall–Kier alpha value is -1.25. The summed E-state index contributed by atoms with van der Waals surface area (Å²) in [6.07, 6.45) is 7.88. The topological polar surface area (TPSA) is 41.1 Å². The molecule has 0 aliphatic heterocycles. The summed E-state index contributed by atoms with van der Waals surface area (Å²) < 4.78 is 0. The summed E-state index contributed by atoms with van der Waals surface area (Å²) in [6.45, 7) is 0. The standard InChI is InChI=1S/C8H12N2O/c1-9-8(11)10-7-5-3-2-4-6-7/h2-3,5H,4,6H2,1H3,(H2,9,10,11). The van der Waals surface area contributed by atoms with Crippen LogP contribution in [-0.4, -0.2) is 13.1 Å². The first-order chi connectivity index (χ1) is 5.33. The normalized spacial score (nSPS) is 15.5. The fourth-order valence-electron chi connectivity index (χ4n) is 0.915. The summed E-state index contributed by atoms with van der Waals surface area (Å²) in [5.74, 6) is 0. The van der Waals surface area contributed by atoms with Crippen LogP contribution in [0.1, 0.15) is 12.8 Å². The molecule has 3 nitrogen and oxygen atoms in total. The molecule has 1 aliphatic carbocycles. The number of nitrogens with one attached hydrogen (secondary N) is 2. The van der Waals surface area contributed by atoms with E-state index in [-0.39, 0.29) is 6.03 Å². The lowest BCUT2D eigenvalue weighted by Gasteiger charge is -2.09. The van der Waals surface area contributed by atoms with Crippen molar-refractivity contribution in [2.75, 3.05) is 7.05 Å². The predicted octanol–water partition coefficient (Wildman–Crippen LogP) is 1.15. The SMILES string of the molecule is CNC(=O)NC1=CC=CCC1. The van der Waals surface area contributed by atoms with Gasteiger partial charge in [0.05, 0.1) is 0 Å². The summed E-state index contributed by atoms with van der Waals surface area (Å²) in [5.41, 5.74) is 0.979. The lowest BCUT2D eigenvalue weighted by molar-refractivity contribution is 0.245. The average Bonchev–Trinajstić information content (AvgIpc) is 2.06. The van der Waals surface area contributed by atoms with Gasteiger partial charge in [-0.1, -0.05) is 12.2 Å². The van der Waals surface area contributed by atoms with Gasteiger partial charge in [0, 0.05) is 12.7 Å². The lowest BCUT2D eigenvalue weighted by atomic mass is 10.1. The second kappa shape index (κ2) is 3.81. The highest BCUT2D eigenvalue weighted by Crippen LogP contribution is 2.07. The summed E-state index contributed by atoms with van der Waals surface area (Å²) in [6, 6.07) is -0.147. The molecule has 0 saturated heterocycles. The molecule has 0 fully saturated rings. The van der Waals surface area contributed by atoms with E-state index < -0.39 is 0 Å². The van der Waals surface area contributed by atoms with Crippen molar-refractivity contribution in [2.24, 2.45) is 0 Å². The number of urea groups is 1. The van der Waals surface area contributed by atoms with Crippen molar-refractivity contribution >= 4 is 6.03 Å². The summed E-state index contributed by atoms with van der Waals surface area (Å²) in [5, 5.41) is 5.23. The third kappa shape index (κ3) is 2.45. The molecule has 0 aromatic carbocycles. The largest absolute Gasteiger partial charge is 0.341 e. The van der Waals surface area contributed by atoms with Crippen molar-refractivity contribution < 1.29 is 4.79 Å². The lowest BCUT2D eigenvalue weighted by Crippen LogP contribution is -2.32. The van der Waals surface area contributed by atoms with Gasteiger partial charge < -0.3 is 10.6 Å². The van der Waals surface area contributed by atoms with Crippen molar-refractivity contribution in [1.82, 2.24) is 10.6 Å². The van der Waals surface area contributed by atoms with Crippen molar-refractivity contribution in [2.45, 2.75) is 12.8 Å². The molecule has 0 atom stereocenters. The molecule has 0 heterocycles. The monoisotopic (exact) mass is 152 g/mol. The minimum Gasteiger partial charge on any atom is -0.341 e. The first kappa shape index (κ1) is 7.85. The van der Waals surface area contributed by atoms with Gasteiger partial charge in [0.25, 0.3) is 0 Å². The molecule has 2 amide bonds.